The van der Waals surface area contributed by atoms with E-state index in [1.165, 1.54) is 6.07 Å². The van der Waals surface area contributed by atoms with Crippen molar-refractivity contribution in [3.05, 3.63) is 53.1 Å². The second kappa shape index (κ2) is 5.98. The first-order valence-corrected chi connectivity index (χ1v) is 9.91. The number of carbonyl (C=O) groups excluding carboxylic acids is 1. The minimum Gasteiger partial charge on any atom is -0.346 e. The monoisotopic (exact) mass is 364 g/mol. The fraction of sp³-hybridized carbons (Fsp3) is 0.389. The van der Waals surface area contributed by atoms with Crippen LogP contribution in [0.5, 0.6) is 0 Å². The molecule has 5 nitrogen and oxygen atoms in total. The number of sulfone groups is 1. The fourth-order valence-electron chi connectivity index (χ4n) is 3.45. The number of aryl methyl sites for hydroxylation is 1. The van der Waals surface area contributed by atoms with Crippen LogP contribution in [-0.4, -0.2) is 35.9 Å². The molecule has 1 aromatic carbocycles. The minimum atomic E-state index is -3.11. The largest absolute Gasteiger partial charge is 0.346 e. The molecule has 0 spiro atoms. The van der Waals surface area contributed by atoms with Crippen molar-refractivity contribution in [2.45, 2.75) is 32.7 Å². The normalized spacial score (nSPS) is 22.1. The number of carbonyl (C=O) groups is 1. The highest BCUT2D eigenvalue weighted by Gasteiger charge is 2.40. The van der Waals surface area contributed by atoms with E-state index in [2.05, 4.69) is 5.32 Å². The molecular weight excluding hydrogens is 343 g/mol. The number of nitrogens with one attached hydrogen (secondary N) is 1. The first-order chi connectivity index (χ1) is 11.6. The Morgan fingerprint density at radius 2 is 1.96 bits per heavy atom. The molecule has 25 heavy (non-hydrogen) atoms. The Kier molecular flexibility index (Phi) is 4.23. The van der Waals surface area contributed by atoms with E-state index in [0.717, 1.165) is 5.69 Å². The van der Waals surface area contributed by atoms with Crippen molar-refractivity contribution in [1.82, 2.24) is 9.88 Å². The van der Waals surface area contributed by atoms with E-state index in [1.54, 1.807) is 49.6 Å². The average molecular weight is 364 g/mol. The van der Waals surface area contributed by atoms with Gasteiger partial charge in [0.05, 0.1) is 28.3 Å². The van der Waals surface area contributed by atoms with Gasteiger partial charge in [-0.1, -0.05) is 12.1 Å². The van der Waals surface area contributed by atoms with Gasteiger partial charge < -0.3 is 9.88 Å². The summed E-state index contributed by atoms with van der Waals surface area (Å²) in [6, 6.07) is 8.08. The van der Waals surface area contributed by atoms with Gasteiger partial charge in [-0.2, -0.15) is 0 Å². The molecule has 1 N–H and O–H groups in total. The third kappa shape index (κ3) is 3.33. The van der Waals surface area contributed by atoms with Crippen molar-refractivity contribution in [3.63, 3.8) is 0 Å². The maximum Gasteiger partial charge on any atom is 0.253 e. The van der Waals surface area contributed by atoms with E-state index >= 15 is 0 Å². The molecule has 3 rings (SSSR count). The molecule has 0 radical (unpaired) electrons. The molecule has 134 valence electrons. The summed E-state index contributed by atoms with van der Waals surface area (Å²) in [4.78, 5) is 12.7. The van der Waals surface area contributed by atoms with Crippen LogP contribution in [0, 0.1) is 19.7 Å². The van der Waals surface area contributed by atoms with Crippen molar-refractivity contribution in [2.24, 2.45) is 0 Å². The Bertz CT molecular complexity index is 949. The molecule has 0 bridgehead atoms. The van der Waals surface area contributed by atoms with Gasteiger partial charge in [-0.3, -0.25) is 4.79 Å². The molecule has 1 aliphatic heterocycles. The molecule has 1 saturated heterocycles. The topological polar surface area (TPSA) is 68.2 Å². The predicted molar refractivity (Wildman–Crippen MR) is 94.3 cm³/mol. The quantitative estimate of drug-likeness (QED) is 0.910. The number of nitrogens with zero attached hydrogens (tertiary/aromatic N) is 1. The lowest BCUT2D eigenvalue weighted by molar-refractivity contribution is 0.0914. The van der Waals surface area contributed by atoms with Crippen LogP contribution in [-0.2, 0) is 9.84 Å². The maximum atomic E-state index is 14.1. The Hall–Kier alpha value is -2.15. The molecule has 1 aromatic heterocycles. The maximum absolute atomic E-state index is 14.1. The van der Waals surface area contributed by atoms with Gasteiger partial charge in [0.1, 0.15) is 5.82 Å². The number of hydrogen-bond acceptors (Lipinski definition) is 3. The van der Waals surface area contributed by atoms with E-state index in [-0.39, 0.29) is 23.2 Å². The smallest absolute Gasteiger partial charge is 0.253 e. The van der Waals surface area contributed by atoms with E-state index in [9.17, 15) is 17.6 Å². The van der Waals surface area contributed by atoms with Gasteiger partial charge in [-0.15, -0.1) is 0 Å². The Morgan fingerprint density at radius 3 is 2.56 bits per heavy atom. The lowest BCUT2D eigenvalue weighted by Gasteiger charge is -2.23. The minimum absolute atomic E-state index is 0.0577. The summed E-state index contributed by atoms with van der Waals surface area (Å²) in [5.74, 6) is -0.684. The Morgan fingerprint density at radius 1 is 1.28 bits per heavy atom. The standard InChI is InChI=1S/C18H21FN2O3S/c1-12-10-14(13(2)21(12)16-7-5-4-6-15(16)19)17(22)20-18(3)8-9-25(23,24)11-18/h4-7,10H,8-9,11H2,1-3H3,(H,20,22)/t18-/m1/s1. The number of amides is 1. The summed E-state index contributed by atoms with van der Waals surface area (Å²) >= 11 is 0. The Balaban J connectivity index is 1.93. The molecule has 7 heteroatoms. The number of aromatic nitrogens is 1. The molecule has 0 saturated carbocycles. The summed E-state index contributed by atoms with van der Waals surface area (Å²) in [7, 11) is -3.11. The first kappa shape index (κ1) is 17.7. The van der Waals surface area contributed by atoms with Crippen LogP contribution < -0.4 is 5.32 Å². The van der Waals surface area contributed by atoms with Crippen molar-refractivity contribution in [3.8, 4) is 5.69 Å². The molecule has 0 aliphatic carbocycles. The van der Waals surface area contributed by atoms with Gasteiger partial charge in [0.15, 0.2) is 9.84 Å². The van der Waals surface area contributed by atoms with Gasteiger partial charge in [-0.25, -0.2) is 12.8 Å². The summed E-state index contributed by atoms with van der Waals surface area (Å²) in [6.07, 6.45) is 0.396. The van der Waals surface area contributed by atoms with Crippen LogP contribution in [0.15, 0.2) is 30.3 Å². The van der Waals surface area contributed by atoms with Gasteiger partial charge in [-0.05, 0) is 45.4 Å². The van der Waals surface area contributed by atoms with E-state index in [4.69, 9.17) is 0 Å². The third-order valence-electron chi connectivity index (χ3n) is 4.69. The van der Waals surface area contributed by atoms with E-state index < -0.39 is 15.4 Å². The van der Waals surface area contributed by atoms with Crippen molar-refractivity contribution >= 4 is 15.7 Å². The van der Waals surface area contributed by atoms with Crippen LogP contribution in [0.2, 0.25) is 0 Å². The number of halogens is 1. The van der Waals surface area contributed by atoms with Gasteiger partial charge >= 0.3 is 0 Å². The van der Waals surface area contributed by atoms with Crippen molar-refractivity contribution < 1.29 is 17.6 Å². The zero-order valence-corrected chi connectivity index (χ0v) is 15.3. The summed E-state index contributed by atoms with van der Waals surface area (Å²) in [5, 5.41) is 2.85. The molecule has 0 unspecified atom stereocenters. The number of hydrogen-bond donors (Lipinski definition) is 1. The Labute approximate surface area is 146 Å². The number of para-hydroxylation sites is 1. The highest BCUT2D eigenvalue weighted by atomic mass is 32.2. The summed E-state index contributed by atoms with van der Waals surface area (Å²) in [6.45, 7) is 5.30. The van der Waals surface area contributed by atoms with Gasteiger partial charge in [0.25, 0.3) is 5.91 Å². The zero-order valence-electron chi connectivity index (χ0n) is 14.5. The molecule has 1 amide bonds. The summed E-state index contributed by atoms with van der Waals surface area (Å²) in [5.41, 5.74) is 1.38. The predicted octanol–water partition coefficient (Wildman–Crippen LogP) is 2.54. The second-order valence-corrected chi connectivity index (χ2v) is 9.11. The van der Waals surface area contributed by atoms with Crippen molar-refractivity contribution in [1.29, 1.82) is 0 Å². The molecule has 1 atom stereocenters. The number of benzene rings is 1. The highest BCUT2D eigenvalue weighted by Crippen LogP contribution is 2.26. The van der Waals surface area contributed by atoms with Crippen LogP contribution in [0.1, 0.15) is 35.1 Å². The first-order valence-electron chi connectivity index (χ1n) is 8.09. The lowest BCUT2D eigenvalue weighted by Crippen LogP contribution is -2.47. The molecule has 1 aliphatic rings. The third-order valence-corrected chi connectivity index (χ3v) is 6.59. The van der Waals surface area contributed by atoms with Crippen LogP contribution in [0.3, 0.4) is 0 Å². The molecule has 2 aromatic rings. The lowest BCUT2D eigenvalue weighted by atomic mass is 10.0. The second-order valence-electron chi connectivity index (χ2n) is 6.93. The highest BCUT2D eigenvalue weighted by molar-refractivity contribution is 7.91. The van der Waals surface area contributed by atoms with Crippen LogP contribution >= 0.6 is 0 Å². The molecule has 1 fully saturated rings. The van der Waals surface area contributed by atoms with Crippen LogP contribution in [0.4, 0.5) is 4.39 Å². The SMILES string of the molecule is Cc1cc(C(=O)N[C@]2(C)CCS(=O)(=O)C2)c(C)n1-c1ccccc1F. The van der Waals surface area contributed by atoms with Crippen LogP contribution in [0.25, 0.3) is 5.69 Å². The average Bonchev–Trinajstić information content (AvgIpc) is 2.96. The zero-order chi connectivity index (χ0) is 18.4. The summed E-state index contributed by atoms with van der Waals surface area (Å²) < 4.78 is 39.3. The van der Waals surface area contributed by atoms with Crippen molar-refractivity contribution in [2.75, 3.05) is 11.5 Å². The van der Waals surface area contributed by atoms with E-state index in [1.807, 2.05) is 0 Å². The van der Waals surface area contributed by atoms with E-state index in [0.29, 0.717) is 23.4 Å². The number of rotatable bonds is 3. The molecule has 2 heterocycles. The fourth-order valence-corrected chi connectivity index (χ4v) is 5.54. The van der Waals surface area contributed by atoms with Gasteiger partial charge in [0, 0.05) is 11.4 Å². The molecular formula is C18H21FN2O3S. The van der Waals surface area contributed by atoms with Gasteiger partial charge in [0.2, 0.25) is 0 Å².